The number of hydrogen-bond donors (Lipinski definition) is 2. The fourth-order valence-electron chi connectivity index (χ4n) is 4.57. The maximum absolute atomic E-state index is 6.31. The summed E-state index contributed by atoms with van der Waals surface area (Å²) in [6.07, 6.45) is 9.88. The number of benzene rings is 1. The van der Waals surface area contributed by atoms with E-state index in [9.17, 15) is 0 Å². The van der Waals surface area contributed by atoms with Crippen molar-refractivity contribution < 1.29 is 4.74 Å². The Kier molecular flexibility index (Phi) is 6.17. The number of rotatable bonds is 7. The largest absolute Gasteiger partial charge is 0.495 e. The summed E-state index contributed by atoms with van der Waals surface area (Å²) in [5.41, 5.74) is 1.87. The number of anilines is 2. The molecule has 5 rings (SSSR count). The second kappa shape index (κ2) is 9.39. The van der Waals surface area contributed by atoms with Crippen LogP contribution < -0.4 is 15.4 Å². The lowest BCUT2D eigenvalue weighted by Crippen LogP contribution is -2.23. The minimum Gasteiger partial charge on any atom is -0.495 e. The van der Waals surface area contributed by atoms with E-state index >= 15 is 0 Å². The number of halogens is 1. The highest BCUT2D eigenvalue weighted by Gasteiger charge is 2.19. The van der Waals surface area contributed by atoms with E-state index in [1.54, 1.807) is 7.11 Å². The molecule has 0 bridgehead atoms. The van der Waals surface area contributed by atoms with Crippen molar-refractivity contribution in [3.63, 3.8) is 0 Å². The van der Waals surface area contributed by atoms with Crippen LogP contribution in [0.5, 0.6) is 5.75 Å². The van der Waals surface area contributed by atoms with E-state index in [4.69, 9.17) is 21.3 Å². The number of nitrogens with zero attached hydrogens (tertiary/aromatic N) is 5. The molecule has 0 spiro atoms. The highest BCUT2D eigenvalue weighted by molar-refractivity contribution is 6.32. The Morgan fingerprint density at radius 3 is 2.67 bits per heavy atom. The van der Waals surface area contributed by atoms with Crippen molar-refractivity contribution in [3.05, 3.63) is 41.2 Å². The summed E-state index contributed by atoms with van der Waals surface area (Å²) in [4.78, 5) is 4.72. The van der Waals surface area contributed by atoms with Crippen LogP contribution in [0.15, 0.2) is 30.6 Å². The van der Waals surface area contributed by atoms with E-state index in [-0.39, 0.29) is 0 Å². The minimum atomic E-state index is 0.422. The average molecular weight is 466 g/mol. The van der Waals surface area contributed by atoms with Crippen LogP contribution in [0.3, 0.4) is 0 Å². The van der Waals surface area contributed by atoms with Gasteiger partial charge >= 0.3 is 0 Å². The van der Waals surface area contributed by atoms with Crippen LogP contribution >= 0.6 is 11.6 Å². The lowest BCUT2D eigenvalue weighted by Gasteiger charge is -2.24. The van der Waals surface area contributed by atoms with Gasteiger partial charge in [-0.1, -0.05) is 36.9 Å². The Labute approximate surface area is 197 Å². The smallest absolute Gasteiger partial charge is 0.158 e. The van der Waals surface area contributed by atoms with Gasteiger partial charge in [0.05, 0.1) is 23.7 Å². The molecule has 3 heterocycles. The fraction of sp³-hybridized carbons (Fsp3) is 0.417. The molecule has 1 saturated carbocycles. The third-order valence-electron chi connectivity index (χ3n) is 6.33. The molecule has 1 aliphatic rings. The number of ether oxygens (including phenoxy) is 1. The summed E-state index contributed by atoms with van der Waals surface area (Å²) in [5.74, 6) is 2.14. The number of methoxy groups -OCH3 is 1. The predicted molar refractivity (Wildman–Crippen MR) is 132 cm³/mol. The van der Waals surface area contributed by atoms with E-state index < -0.39 is 0 Å². The van der Waals surface area contributed by atoms with Crippen LogP contribution in [0.1, 0.15) is 44.6 Å². The monoisotopic (exact) mass is 465 g/mol. The number of nitrogens with one attached hydrogen (secondary N) is 2. The van der Waals surface area contributed by atoms with Crippen LogP contribution in [0.2, 0.25) is 5.02 Å². The zero-order valence-electron chi connectivity index (χ0n) is 18.9. The molecule has 1 aliphatic carbocycles. The molecule has 33 heavy (non-hydrogen) atoms. The van der Waals surface area contributed by atoms with Gasteiger partial charge < -0.3 is 15.4 Å². The van der Waals surface area contributed by atoms with Gasteiger partial charge in [-0.15, -0.1) is 10.2 Å². The van der Waals surface area contributed by atoms with Gasteiger partial charge in [-0.3, -0.25) is 0 Å². The number of hydrogen-bond acceptors (Lipinski definition) is 7. The molecule has 9 heteroatoms. The van der Waals surface area contributed by atoms with Crippen LogP contribution in [-0.2, 0) is 13.1 Å². The first-order valence-electron chi connectivity index (χ1n) is 11.5. The Hall–Kier alpha value is -3.13. The molecule has 3 aromatic heterocycles. The van der Waals surface area contributed by atoms with Crippen molar-refractivity contribution in [1.29, 1.82) is 0 Å². The fourth-order valence-corrected chi connectivity index (χ4v) is 4.85. The predicted octanol–water partition coefficient (Wildman–Crippen LogP) is 5.41. The van der Waals surface area contributed by atoms with Gasteiger partial charge in [-0.2, -0.15) is 5.10 Å². The molecule has 0 amide bonds. The lowest BCUT2D eigenvalue weighted by molar-refractivity contribution is 0.415. The normalized spacial score (nSPS) is 14.6. The molecule has 1 fully saturated rings. The number of aryl methyl sites for hydroxylation is 1. The van der Waals surface area contributed by atoms with Crippen molar-refractivity contribution in [2.24, 2.45) is 0 Å². The SMILES string of the molecule is CCn1ncc2c3c(NCc4ccc(OC)c(Cl)c4)nnc(NC4CCCCC4)c3cnc21. The summed E-state index contributed by atoms with van der Waals surface area (Å²) >= 11 is 6.31. The summed E-state index contributed by atoms with van der Waals surface area (Å²) in [7, 11) is 1.61. The Bertz CT molecular complexity index is 1280. The van der Waals surface area contributed by atoms with E-state index in [1.165, 1.54) is 19.3 Å². The first-order chi connectivity index (χ1) is 16.2. The van der Waals surface area contributed by atoms with Crippen molar-refractivity contribution in [2.75, 3.05) is 17.7 Å². The Morgan fingerprint density at radius 1 is 1.09 bits per heavy atom. The van der Waals surface area contributed by atoms with Gasteiger partial charge in [-0.05, 0) is 37.5 Å². The zero-order valence-corrected chi connectivity index (χ0v) is 19.7. The zero-order chi connectivity index (χ0) is 22.8. The van der Waals surface area contributed by atoms with Gasteiger partial charge in [0, 0.05) is 36.1 Å². The number of fused-ring (bicyclic) bond motifs is 3. The summed E-state index contributed by atoms with van der Waals surface area (Å²) in [5, 5.41) is 24.2. The van der Waals surface area contributed by atoms with Gasteiger partial charge in [0.25, 0.3) is 0 Å². The molecule has 1 aromatic carbocycles. The van der Waals surface area contributed by atoms with E-state index in [2.05, 4.69) is 32.9 Å². The molecular weight excluding hydrogens is 438 g/mol. The van der Waals surface area contributed by atoms with Crippen LogP contribution in [0.25, 0.3) is 21.8 Å². The molecule has 4 aromatic rings. The van der Waals surface area contributed by atoms with Gasteiger partial charge in [0.2, 0.25) is 0 Å². The molecule has 0 unspecified atom stereocenters. The summed E-state index contributed by atoms with van der Waals surface area (Å²) in [6.45, 7) is 3.36. The topological polar surface area (TPSA) is 89.8 Å². The van der Waals surface area contributed by atoms with E-state index in [1.807, 2.05) is 35.3 Å². The van der Waals surface area contributed by atoms with Gasteiger partial charge in [0.15, 0.2) is 17.3 Å². The molecule has 0 saturated heterocycles. The molecular formula is C24H28ClN7O. The Balaban J connectivity index is 1.53. The van der Waals surface area contributed by atoms with Crippen LogP contribution in [0, 0.1) is 0 Å². The number of aromatic nitrogens is 5. The second-order valence-electron chi connectivity index (χ2n) is 8.44. The third-order valence-corrected chi connectivity index (χ3v) is 6.63. The second-order valence-corrected chi connectivity index (χ2v) is 8.85. The number of pyridine rings is 1. The molecule has 2 N–H and O–H groups in total. The standard InChI is InChI=1S/C24H28ClN7O/c1-3-32-24-18(14-28-32)21-17(13-27-24)22(29-16-7-5-4-6-8-16)30-31-23(21)26-12-15-9-10-20(33-2)19(25)11-15/h9-11,13-14,16H,3-8,12H2,1-2H3,(H,26,31)(H,29,30). The average Bonchev–Trinajstić information content (AvgIpc) is 3.27. The van der Waals surface area contributed by atoms with Crippen molar-refractivity contribution in [2.45, 2.75) is 58.2 Å². The maximum Gasteiger partial charge on any atom is 0.158 e. The van der Waals surface area contributed by atoms with E-state index in [0.717, 1.165) is 52.6 Å². The molecule has 172 valence electrons. The highest BCUT2D eigenvalue weighted by atomic mass is 35.5. The van der Waals surface area contributed by atoms with Crippen LogP contribution in [-0.4, -0.2) is 38.1 Å². The molecule has 0 radical (unpaired) electrons. The summed E-state index contributed by atoms with van der Waals surface area (Å²) in [6, 6.07) is 6.17. The third kappa shape index (κ3) is 4.27. The Morgan fingerprint density at radius 2 is 1.91 bits per heavy atom. The van der Waals surface area contributed by atoms with E-state index in [0.29, 0.717) is 29.2 Å². The first kappa shape index (κ1) is 21.7. The van der Waals surface area contributed by atoms with Gasteiger partial charge in [0.1, 0.15) is 5.75 Å². The lowest BCUT2D eigenvalue weighted by atomic mass is 9.95. The minimum absolute atomic E-state index is 0.422. The highest BCUT2D eigenvalue weighted by Crippen LogP contribution is 2.34. The van der Waals surface area contributed by atoms with Crippen molar-refractivity contribution in [3.8, 4) is 5.75 Å². The maximum atomic E-state index is 6.31. The molecule has 8 nitrogen and oxygen atoms in total. The van der Waals surface area contributed by atoms with Crippen molar-refractivity contribution in [1.82, 2.24) is 25.0 Å². The van der Waals surface area contributed by atoms with Crippen molar-refractivity contribution >= 4 is 45.0 Å². The molecule has 0 aliphatic heterocycles. The quantitative estimate of drug-likeness (QED) is 0.377. The van der Waals surface area contributed by atoms with Crippen LogP contribution in [0.4, 0.5) is 11.6 Å². The molecule has 0 atom stereocenters. The summed E-state index contributed by atoms with van der Waals surface area (Å²) < 4.78 is 7.16. The first-order valence-corrected chi connectivity index (χ1v) is 11.9. The van der Waals surface area contributed by atoms with Gasteiger partial charge in [-0.25, -0.2) is 9.67 Å².